The second-order valence-electron chi connectivity index (χ2n) is 9.75. The Morgan fingerprint density at radius 2 is 1.33 bits per heavy atom. The van der Waals surface area contributed by atoms with E-state index >= 15 is 0 Å². The second-order valence-corrected chi connectivity index (χ2v) is 14.0. The van der Waals surface area contributed by atoms with Gasteiger partial charge in [0.05, 0.1) is 19.1 Å². The number of hydrogen-bond donors (Lipinski definition) is 0. The molecule has 0 saturated carbocycles. The molecule has 0 bridgehead atoms. The van der Waals surface area contributed by atoms with Gasteiger partial charge in [-0.05, 0) is 34.0 Å². The summed E-state index contributed by atoms with van der Waals surface area (Å²) >= 11 is 0. The maximum absolute atomic E-state index is 12.8. The van der Waals surface area contributed by atoms with Crippen LogP contribution in [0.1, 0.15) is 57.6 Å². The monoisotopic (exact) mass is 506 g/mol. The molecular formula is C30H38O5Si. The molecule has 6 heteroatoms. The predicted molar refractivity (Wildman–Crippen MR) is 146 cm³/mol. The number of hydrogen-bond acceptors (Lipinski definition) is 5. The van der Waals surface area contributed by atoms with Crippen molar-refractivity contribution in [1.82, 2.24) is 0 Å². The SMILES string of the molecule is CCOC(=O)CC(O[Si](c1ccccc1)(c1ccccc1)C(C)(C)C)c1cccc(C(OC)OC)c1. The first-order valence-electron chi connectivity index (χ1n) is 12.4. The molecule has 3 aromatic rings. The first kappa shape index (κ1) is 27.8. The molecule has 3 aromatic carbocycles. The van der Waals surface area contributed by atoms with Crippen LogP contribution < -0.4 is 10.4 Å². The van der Waals surface area contributed by atoms with Crippen molar-refractivity contribution in [3.05, 3.63) is 96.1 Å². The third kappa shape index (κ3) is 6.13. The van der Waals surface area contributed by atoms with E-state index in [0.29, 0.717) is 6.61 Å². The first-order chi connectivity index (χ1) is 17.3. The highest BCUT2D eigenvalue weighted by Crippen LogP contribution is 2.41. The van der Waals surface area contributed by atoms with Crippen LogP contribution in [0.2, 0.25) is 5.04 Å². The Labute approximate surface area is 216 Å². The van der Waals surface area contributed by atoms with Gasteiger partial charge in [0.25, 0.3) is 8.32 Å². The molecule has 3 rings (SSSR count). The summed E-state index contributed by atoms with van der Waals surface area (Å²) in [6.45, 7) is 8.81. The van der Waals surface area contributed by atoms with E-state index in [-0.39, 0.29) is 17.4 Å². The van der Waals surface area contributed by atoms with Crippen molar-refractivity contribution in [2.24, 2.45) is 0 Å². The molecule has 36 heavy (non-hydrogen) atoms. The summed E-state index contributed by atoms with van der Waals surface area (Å²) in [6.07, 6.45) is -0.933. The van der Waals surface area contributed by atoms with Crippen molar-refractivity contribution in [3.63, 3.8) is 0 Å². The van der Waals surface area contributed by atoms with Crippen LogP contribution in [0, 0.1) is 0 Å². The van der Waals surface area contributed by atoms with Crippen molar-refractivity contribution in [2.75, 3.05) is 20.8 Å². The molecule has 0 N–H and O–H groups in total. The number of methoxy groups -OCH3 is 2. The Morgan fingerprint density at radius 3 is 1.81 bits per heavy atom. The number of esters is 1. The number of ether oxygens (including phenoxy) is 3. The van der Waals surface area contributed by atoms with Gasteiger partial charge in [0.1, 0.15) is 0 Å². The molecule has 0 spiro atoms. The number of carbonyl (C=O) groups is 1. The average molecular weight is 507 g/mol. The minimum atomic E-state index is -2.92. The second kappa shape index (κ2) is 12.5. The lowest BCUT2D eigenvalue weighted by molar-refractivity contribution is -0.145. The Hall–Kier alpha value is -2.77. The van der Waals surface area contributed by atoms with Crippen LogP contribution in [0.5, 0.6) is 0 Å². The molecule has 1 unspecified atom stereocenters. The normalized spacial score (nSPS) is 13.0. The number of benzene rings is 3. The molecule has 1 atom stereocenters. The minimum Gasteiger partial charge on any atom is -0.466 e. The van der Waals surface area contributed by atoms with Gasteiger partial charge in [-0.3, -0.25) is 4.79 Å². The fourth-order valence-corrected chi connectivity index (χ4v) is 9.44. The van der Waals surface area contributed by atoms with Crippen molar-refractivity contribution in [1.29, 1.82) is 0 Å². The van der Waals surface area contributed by atoms with E-state index in [4.69, 9.17) is 18.6 Å². The number of rotatable bonds is 11. The summed E-state index contributed by atoms with van der Waals surface area (Å²) in [5, 5.41) is 2.07. The Morgan fingerprint density at radius 1 is 0.806 bits per heavy atom. The lowest BCUT2D eigenvalue weighted by atomic mass is 10.0. The summed E-state index contributed by atoms with van der Waals surface area (Å²) in [5.41, 5.74) is 1.74. The van der Waals surface area contributed by atoms with Crippen LogP contribution >= 0.6 is 0 Å². The van der Waals surface area contributed by atoms with Gasteiger partial charge in [0.2, 0.25) is 0 Å². The lowest BCUT2D eigenvalue weighted by Crippen LogP contribution is -2.67. The van der Waals surface area contributed by atoms with Gasteiger partial charge < -0.3 is 18.6 Å². The van der Waals surface area contributed by atoms with Gasteiger partial charge in [-0.1, -0.05) is 99.6 Å². The van der Waals surface area contributed by atoms with Crippen LogP contribution in [-0.4, -0.2) is 35.1 Å². The van der Waals surface area contributed by atoms with Crippen LogP contribution in [0.15, 0.2) is 84.9 Å². The van der Waals surface area contributed by atoms with E-state index in [1.54, 1.807) is 14.2 Å². The summed E-state index contributed by atoms with van der Waals surface area (Å²) in [4.78, 5) is 12.8. The Balaban J connectivity index is 2.21. The maximum atomic E-state index is 12.8. The fraction of sp³-hybridized carbons (Fsp3) is 0.367. The molecule has 0 aliphatic rings. The van der Waals surface area contributed by atoms with Gasteiger partial charge in [0.15, 0.2) is 6.29 Å². The third-order valence-corrected chi connectivity index (χ3v) is 11.4. The zero-order valence-electron chi connectivity index (χ0n) is 22.2. The van der Waals surface area contributed by atoms with Gasteiger partial charge in [-0.25, -0.2) is 0 Å². The van der Waals surface area contributed by atoms with Crippen molar-refractivity contribution in [2.45, 2.75) is 51.5 Å². The van der Waals surface area contributed by atoms with Crippen LogP contribution in [0.4, 0.5) is 0 Å². The molecule has 0 aliphatic carbocycles. The third-order valence-electron chi connectivity index (χ3n) is 6.38. The molecule has 0 heterocycles. The Kier molecular flexibility index (Phi) is 9.62. The zero-order valence-corrected chi connectivity index (χ0v) is 23.2. The molecule has 0 saturated heterocycles. The van der Waals surface area contributed by atoms with Gasteiger partial charge in [-0.2, -0.15) is 0 Å². The van der Waals surface area contributed by atoms with E-state index in [1.165, 1.54) is 0 Å². The fourth-order valence-electron chi connectivity index (χ4n) is 4.78. The van der Waals surface area contributed by atoms with Gasteiger partial charge >= 0.3 is 5.97 Å². The molecule has 0 radical (unpaired) electrons. The summed E-state index contributed by atoms with van der Waals surface area (Å²) in [5.74, 6) is -0.291. The molecule has 0 fully saturated rings. The molecule has 5 nitrogen and oxygen atoms in total. The molecule has 0 aliphatic heterocycles. The lowest BCUT2D eigenvalue weighted by Gasteiger charge is -2.45. The van der Waals surface area contributed by atoms with Crippen LogP contribution in [-0.2, 0) is 23.4 Å². The molecule has 0 amide bonds. The van der Waals surface area contributed by atoms with Crippen molar-refractivity contribution < 1.29 is 23.4 Å². The van der Waals surface area contributed by atoms with Crippen molar-refractivity contribution >= 4 is 24.7 Å². The Bertz CT molecular complexity index is 1050. The molecular weight excluding hydrogens is 468 g/mol. The highest BCUT2D eigenvalue weighted by molar-refractivity contribution is 6.99. The molecule has 192 valence electrons. The first-order valence-corrected chi connectivity index (χ1v) is 14.3. The maximum Gasteiger partial charge on any atom is 0.308 e. The standard InChI is InChI=1S/C30H38O5Si/c1-7-34-28(31)22-27(23-15-14-16-24(21-23)29(32-5)33-6)35-36(30(2,3)4,25-17-10-8-11-18-25)26-19-12-9-13-20-26/h8-21,27,29H,7,22H2,1-6H3. The summed E-state index contributed by atoms with van der Waals surface area (Å²) in [6, 6.07) is 28.7. The summed E-state index contributed by atoms with van der Waals surface area (Å²) in [7, 11) is 0.297. The highest BCUT2D eigenvalue weighted by Gasteiger charge is 2.51. The average Bonchev–Trinajstić information content (AvgIpc) is 2.88. The number of carbonyl (C=O) groups excluding carboxylic acids is 1. The van der Waals surface area contributed by atoms with E-state index in [1.807, 2.05) is 43.3 Å². The van der Waals surface area contributed by atoms with Gasteiger partial charge in [0, 0.05) is 19.8 Å². The molecule has 0 aromatic heterocycles. The topological polar surface area (TPSA) is 54.0 Å². The van der Waals surface area contributed by atoms with E-state index in [0.717, 1.165) is 21.5 Å². The van der Waals surface area contributed by atoms with Crippen LogP contribution in [0.25, 0.3) is 0 Å². The van der Waals surface area contributed by atoms with Crippen LogP contribution in [0.3, 0.4) is 0 Å². The highest BCUT2D eigenvalue weighted by atomic mass is 28.4. The van der Waals surface area contributed by atoms with E-state index in [9.17, 15) is 4.79 Å². The van der Waals surface area contributed by atoms with Crippen molar-refractivity contribution in [3.8, 4) is 0 Å². The van der Waals surface area contributed by atoms with E-state index in [2.05, 4.69) is 69.3 Å². The smallest absolute Gasteiger partial charge is 0.308 e. The zero-order chi connectivity index (χ0) is 26.2. The quantitative estimate of drug-likeness (QED) is 0.194. The largest absolute Gasteiger partial charge is 0.466 e. The summed E-state index contributed by atoms with van der Waals surface area (Å²) < 4.78 is 23.7. The minimum absolute atomic E-state index is 0.104. The van der Waals surface area contributed by atoms with E-state index < -0.39 is 20.7 Å². The van der Waals surface area contributed by atoms with Gasteiger partial charge in [-0.15, -0.1) is 0 Å². The predicted octanol–water partition coefficient (Wildman–Crippen LogP) is 5.55.